The van der Waals surface area contributed by atoms with E-state index in [-0.39, 0.29) is 20.9 Å². The van der Waals surface area contributed by atoms with Gasteiger partial charge in [0, 0.05) is 5.56 Å². The maximum Gasteiger partial charge on any atom is 0.412 e. The fourth-order valence-corrected chi connectivity index (χ4v) is 3.78. The van der Waals surface area contributed by atoms with Crippen LogP contribution in [0.4, 0.5) is 0 Å². The molecule has 0 amide bonds. The molecule has 0 aliphatic carbocycles. The summed E-state index contributed by atoms with van der Waals surface area (Å²) in [5.74, 6) is 7.58. The average Bonchev–Trinajstić information content (AvgIpc) is 2.72. The van der Waals surface area contributed by atoms with Crippen LogP contribution in [0, 0.1) is 0 Å². The Morgan fingerprint density at radius 1 is 0.654 bits per heavy atom. The minimum atomic E-state index is -0.0425. The van der Waals surface area contributed by atoms with Crippen LogP contribution in [0.3, 0.4) is 0 Å². The molecule has 4 aliphatic heterocycles. The molecule has 4 heterocycles. The van der Waals surface area contributed by atoms with E-state index in [0.29, 0.717) is 0 Å². The van der Waals surface area contributed by atoms with Gasteiger partial charge in [-0.15, -0.1) is 0 Å². The van der Waals surface area contributed by atoms with Gasteiger partial charge in [-0.05, 0) is 36.8 Å². The van der Waals surface area contributed by atoms with Crippen LogP contribution in [-0.2, 0) is 0 Å². The van der Waals surface area contributed by atoms with E-state index in [9.17, 15) is 0 Å². The molecule has 0 N–H and O–H groups in total. The molecule has 1 aromatic carbocycles. The van der Waals surface area contributed by atoms with Gasteiger partial charge in [0.25, 0.3) is 0 Å². The van der Waals surface area contributed by atoms with Gasteiger partial charge in [0.15, 0.2) is 0 Å². The Balaban J connectivity index is 1.69. The third kappa shape index (κ3) is 2.48. The second kappa shape index (κ2) is 6.34. The fraction of sp³-hybridized carbons (Fsp3) is 0. The number of fused-ring (bicyclic) bond motifs is 5. The summed E-state index contributed by atoms with van der Waals surface area (Å²) in [6.45, 7) is 0.153. The van der Waals surface area contributed by atoms with Crippen molar-refractivity contribution in [3.05, 3.63) is 109 Å². The second-order valence-corrected chi connectivity index (χ2v) is 6.54. The van der Waals surface area contributed by atoms with Crippen molar-refractivity contribution in [3.63, 3.8) is 0 Å². The van der Waals surface area contributed by atoms with Gasteiger partial charge in [-0.2, -0.15) is 0 Å². The molecule has 1 aromatic rings. The molecular formula is C19H17B3N4. The predicted octanol–water partition coefficient (Wildman–Crippen LogP) is 2.69. The Labute approximate surface area is 155 Å². The summed E-state index contributed by atoms with van der Waals surface area (Å²) in [5.41, 5.74) is 1.12. The van der Waals surface area contributed by atoms with Crippen LogP contribution in [0.15, 0.2) is 108 Å². The third-order valence-corrected chi connectivity index (χ3v) is 4.98. The Bertz CT molecular complexity index is 901. The summed E-state index contributed by atoms with van der Waals surface area (Å²) < 4.78 is 4.67. The van der Waals surface area contributed by atoms with Gasteiger partial charge in [0.2, 0.25) is 0 Å². The summed E-state index contributed by atoms with van der Waals surface area (Å²) in [7, 11) is 0. The van der Waals surface area contributed by atoms with Crippen LogP contribution in [0.25, 0.3) is 0 Å². The molecule has 7 heteroatoms. The number of benzene rings is 1. The van der Waals surface area contributed by atoms with Crippen molar-refractivity contribution < 1.29 is 0 Å². The first-order valence-corrected chi connectivity index (χ1v) is 8.93. The lowest BCUT2D eigenvalue weighted by molar-refractivity contribution is 0.682. The highest BCUT2D eigenvalue weighted by Crippen LogP contribution is 2.25. The monoisotopic (exact) mass is 334 g/mol. The normalized spacial score (nSPS) is 21.9. The molecule has 0 radical (unpaired) electrons. The molecule has 4 aliphatic rings. The van der Waals surface area contributed by atoms with E-state index in [1.54, 1.807) is 0 Å². The van der Waals surface area contributed by atoms with Gasteiger partial charge in [-0.3, -0.25) is 4.90 Å². The first-order valence-electron chi connectivity index (χ1n) is 8.93. The van der Waals surface area contributed by atoms with E-state index in [4.69, 9.17) is 4.90 Å². The first kappa shape index (κ1) is 15.2. The van der Waals surface area contributed by atoms with Crippen LogP contribution in [-0.4, -0.2) is 41.0 Å². The van der Waals surface area contributed by atoms with Gasteiger partial charge >= 0.3 is 20.9 Å². The molecular weight excluding hydrogens is 317 g/mol. The Morgan fingerprint density at radius 2 is 1.35 bits per heavy atom. The Morgan fingerprint density at radius 3 is 2.19 bits per heavy atom. The first-order chi connectivity index (χ1) is 12.9. The highest BCUT2D eigenvalue weighted by molar-refractivity contribution is 6.85. The van der Waals surface area contributed by atoms with Crippen molar-refractivity contribution in [1.82, 2.24) is 14.3 Å². The summed E-state index contributed by atoms with van der Waals surface area (Å²) >= 11 is 0. The average molecular weight is 334 g/mol. The molecule has 0 saturated carbocycles. The van der Waals surface area contributed by atoms with Crippen molar-refractivity contribution in [2.45, 2.75) is 0 Å². The highest BCUT2D eigenvalue weighted by Gasteiger charge is 2.43. The van der Waals surface area contributed by atoms with E-state index in [2.05, 4.69) is 112 Å². The molecule has 0 bridgehead atoms. The number of amidine groups is 1. The lowest BCUT2D eigenvalue weighted by atomic mass is 9.50. The van der Waals surface area contributed by atoms with Crippen molar-refractivity contribution in [2.75, 3.05) is 0 Å². The van der Waals surface area contributed by atoms with Crippen LogP contribution in [0.5, 0.6) is 0 Å². The molecule has 0 unspecified atom stereocenters. The zero-order valence-electron chi connectivity index (χ0n) is 14.3. The van der Waals surface area contributed by atoms with Crippen molar-refractivity contribution in [1.29, 1.82) is 0 Å². The minimum absolute atomic E-state index is 0.0425. The topological polar surface area (TPSA) is 22.1 Å². The summed E-state index contributed by atoms with van der Waals surface area (Å²) in [5, 5.41) is 0. The molecule has 122 valence electrons. The van der Waals surface area contributed by atoms with E-state index in [1.807, 2.05) is 6.07 Å². The molecule has 0 spiro atoms. The quantitative estimate of drug-likeness (QED) is 0.738. The Kier molecular flexibility index (Phi) is 3.70. The van der Waals surface area contributed by atoms with Gasteiger partial charge in [0.1, 0.15) is 5.84 Å². The van der Waals surface area contributed by atoms with E-state index >= 15 is 0 Å². The summed E-state index contributed by atoms with van der Waals surface area (Å²) in [6, 6.07) is 10.4. The molecule has 4 nitrogen and oxygen atoms in total. The predicted molar refractivity (Wildman–Crippen MR) is 111 cm³/mol. The molecule has 0 aromatic heterocycles. The zero-order valence-corrected chi connectivity index (χ0v) is 14.3. The van der Waals surface area contributed by atoms with E-state index < -0.39 is 0 Å². The van der Waals surface area contributed by atoms with Gasteiger partial charge in [-0.25, -0.2) is 0 Å². The second-order valence-electron chi connectivity index (χ2n) is 6.54. The van der Waals surface area contributed by atoms with Crippen molar-refractivity contribution in [3.8, 4) is 0 Å². The van der Waals surface area contributed by atoms with Gasteiger partial charge in [0.05, 0.1) is 0 Å². The number of rotatable bonds is 1. The molecule has 0 saturated heterocycles. The Hall–Kier alpha value is -3.08. The van der Waals surface area contributed by atoms with Gasteiger partial charge in [-0.1, -0.05) is 66.5 Å². The summed E-state index contributed by atoms with van der Waals surface area (Å²) in [6.07, 6.45) is 19.0. The summed E-state index contributed by atoms with van der Waals surface area (Å²) in [4.78, 5) is 7.42. The number of hydrogen-bond acceptors (Lipinski definition) is 4. The maximum atomic E-state index is 5.16. The standard InChI is InChI=1S/C19H17B3N4/c1-2-10-18(11-3-1)19-23-20-12-4-8-16-25(20)22-14-6-9-17-26(22)21-13-5-7-15-24(19)21/h1-17H/b23-19-. The van der Waals surface area contributed by atoms with E-state index in [1.165, 1.54) is 0 Å². The number of allylic oxidation sites excluding steroid dienone is 6. The van der Waals surface area contributed by atoms with Crippen LogP contribution in [0.1, 0.15) is 5.56 Å². The van der Waals surface area contributed by atoms with Crippen molar-refractivity contribution in [2.24, 2.45) is 4.90 Å². The van der Waals surface area contributed by atoms with Gasteiger partial charge < -0.3 is 14.3 Å². The van der Waals surface area contributed by atoms with Crippen LogP contribution in [0.2, 0.25) is 0 Å². The van der Waals surface area contributed by atoms with Crippen molar-refractivity contribution >= 4 is 26.8 Å². The number of nitrogens with zero attached hydrogens (tertiary/aromatic N) is 4. The lowest BCUT2D eigenvalue weighted by Crippen LogP contribution is -2.64. The third-order valence-electron chi connectivity index (χ3n) is 4.98. The molecule has 5 rings (SSSR count). The zero-order chi connectivity index (χ0) is 17.3. The maximum absolute atomic E-state index is 5.16. The highest BCUT2D eigenvalue weighted by atomic mass is 15.3. The van der Waals surface area contributed by atoms with E-state index in [0.717, 1.165) is 11.4 Å². The fourth-order valence-electron chi connectivity index (χ4n) is 3.78. The molecule has 0 atom stereocenters. The number of hydrogen-bond donors (Lipinski definition) is 0. The van der Waals surface area contributed by atoms with Crippen LogP contribution >= 0.6 is 0 Å². The molecule has 26 heavy (non-hydrogen) atoms. The smallest absolute Gasteiger partial charge is 0.412 e. The lowest BCUT2D eigenvalue weighted by Gasteiger charge is -2.46. The largest absolute Gasteiger partial charge is 0.422 e. The van der Waals surface area contributed by atoms with Crippen LogP contribution < -0.4 is 0 Å². The SMILES string of the molecule is C1=CB2/N=C(/c3ccccc3)N3C=CC=CB3N3C=CC=CB3N2C=C1. The molecule has 0 fully saturated rings. The minimum Gasteiger partial charge on any atom is -0.422 e.